The quantitative estimate of drug-likeness (QED) is 0.215. The third-order valence-corrected chi connectivity index (χ3v) is 6.40. The Kier molecular flexibility index (Phi) is 8.87. The molecule has 2 aromatic carbocycles. The van der Waals surface area contributed by atoms with Crippen molar-refractivity contribution >= 4 is 63.7 Å². The van der Waals surface area contributed by atoms with Crippen molar-refractivity contribution in [3.63, 3.8) is 0 Å². The second-order valence-electron chi connectivity index (χ2n) is 7.24. The number of aromatic hydroxyl groups is 1. The minimum atomic E-state index is -0.468. The topological polar surface area (TPSA) is 98.7 Å². The number of hydrazine groups is 1. The van der Waals surface area contributed by atoms with Crippen molar-refractivity contribution in [1.29, 1.82) is 0 Å². The smallest absolute Gasteiger partial charge is 0.269 e. The van der Waals surface area contributed by atoms with Crippen LogP contribution < -0.4 is 10.9 Å². The van der Waals surface area contributed by atoms with E-state index in [1.807, 2.05) is 12.1 Å². The number of nitrogens with one attached hydrogen (secondary N) is 2. The average molecular weight is 504 g/mol. The number of hydrogen-bond acceptors (Lipinski definition) is 6. The second-order valence-corrected chi connectivity index (χ2v) is 9.36. The molecular formula is C23H22ClN3O4S2. The maximum atomic E-state index is 12.6. The van der Waals surface area contributed by atoms with E-state index in [-0.39, 0.29) is 24.0 Å². The van der Waals surface area contributed by atoms with Gasteiger partial charge in [0.25, 0.3) is 11.8 Å². The molecule has 0 spiro atoms. The predicted molar refractivity (Wildman–Crippen MR) is 134 cm³/mol. The SMILES string of the molecule is O=C(CCCCCN1C(=O)/C(=C/c2ccc(Cl)cc2)SC1=S)NNC(=O)c1ccc(O)cc1. The molecule has 0 bridgehead atoms. The molecule has 0 unspecified atom stereocenters. The fourth-order valence-corrected chi connectivity index (χ4v) is 4.44. The van der Waals surface area contributed by atoms with Crippen LogP contribution in [0.25, 0.3) is 6.08 Å². The first-order chi connectivity index (χ1) is 15.8. The number of unbranched alkanes of at least 4 members (excludes halogenated alkanes) is 2. The summed E-state index contributed by atoms with van der Waals surface area (Å²) in [5.74, 6) is -0.836. The van der Waals surface area contributed by atoms with E-state index < -0.39 is 5.91 Å². The zero-order valence-corrected chi connectivity index (χ0v) is 19.9. The molecule has 0 aromatic heterocycles. The first-order valence-corrected chi connectivity index (χ1v) is 11.8. The highest BCUT2D eigenvalue weighted by molar-refractivity contribution is 8.26. The molecule has 10 heteroatoms. The Hall–Kier alpha value is -2.88. The van der Waals surface area contributed by atoms with E-state index in [0.717, 1.165) is 12.0 Å². The molecule has 0 aliphatic carbocycles. The second kappa shape index (κ2) is 11.8. The Bertz CT molecular complexity index is 1070. The highest BCUT2D eigenvalue weighted by Gasteiger charge is 2.31. The minimum Gasteiger partial charge on any atom is -0.508 e. The van der Waals surface area contributed by atoms with Crippen molar-refractivity contribution in [2.24, 2.45) is 0 Å². The summed E-state index contributed by atoms with van der Waals surface area (Å²) in [5, 5.41) is 9.87. The minimum absolute atomic E-state index is 0.0550. The molecule has 33 heavy (non-hydrogen) atoms. The number of phenolic OH excluding ortho intramolecular Hbond substituents is 1. The van der Waals surface area contributed by atoms with Crippen LogP contribution in [0.3, 0.4) is 0 Å². The van der Waals surface area contributed by atoms with E-state index in [0.29, 0.717) is 39.2 Å². The Morgan fingerprint density at radius 1 is 1.03 bits per heavy atom. The zero-order valence-electron chi connectivity index (χ0n) is 17.5. The molecule has 3 rings (SSSR count). The Morgan fingerprint density at radius 2 is 1.73 bits per heavy atom. The maximum absolute atomic E-state index is 12.6. The van der Waals surface area contributed by atoms with Crippen molar-refractivity contribution < 1.29 is 19.5 Å². The third-order valence-electron chi connectivity index (χ3n) is 4.77. The van der Waals surface area contributed by atoms with Crippen LogP contribution in [0.15, 0.2) is 53.4 Å². The molecule has 0 radical (unpaired) electrons. The first kappa shape index (κ1) is 24.8. The summed E-state index contributed by atoms with van der Waals surface area (Å²) < 4.78 is 0.523. The van der Waals surface area contributed by atoms with Crippen LogP contribution in [0, 0.1) is 0 Å². The van der Waals surface area contributed by atoms with Gasteiger partial charge >= 0.3 is 0 Å². The molecule has 3 N–H and O–H groups in total. The largest absolute Gasteiger partial charge is 0.508 e. The average Bonchev–Trinajstić information content (AvgIpc) is 3.06. The number of amides is 3. The number of thiocarbonyl (C=S) groups is 1. The summed E-state index contributed by atoms with van der Waals surface area (Å²) in [5.41, 5.74) is 5.90. The number of nitrogens with zero attached hydrogens (tertiary/aromatic N) is 1. The molecule has 3 amide bonds. The molecule has 172 valence electrons. The lowest BCUT2D eigenvalue weighted by Gasteiger charge is -2.14. The van der Waals surface area contributed by atoms with Gasteiger partial charge < -0.3 is 5.11 Å². The summed E-state index contributed by atoms with van der Waals surface area (Å²) >= 11 is 12.5. The molecule has 1 fully saturated rings. The molecule has 1 heterocycles. The molecule has 1 aliphatic rings. The first-order valence-electron chi connectivity index (χ1n) is 10.2. The Labute approximate surface area is 206 Å². The summed E-state index contributed by atoms with van der Waals surface area (Å²) in [6.45, 7) is 0.488. The summed E-state index contributed by atoms with van der Waals surface area (Å²) in [7, 11) is 0. The number of thioether (sulfide) groups is 1. The maximum Gasteiger partial charge on any atom is 0.269 e. The fraction of sp³-hybridized carbons (Fsp3) is 0.217. The van der Waals surface area contributed by atoms with Crippen molar-refractivity contribution in [2.45, 2.75) is 25.7 Å². The highest BCUT2D eigenvalue weighted by atomic mass is 35.5. The van der Waals surface area contributed by atoms with Gasteiger partial charge in [-0.3, -0.25) is 30.1 Å². The van der Waals surface area contributed by atoms with Gasteiger partial charge in [-0.15, -0.1) is 0 Å². The van der Waals surface area contributed by atoms with Crippen molar-refractivity contribution in [2.75, 3.05) is 6.54 Å². The van der Waals surface area contributed by atoms with Crippen LogP contribution in [-0.2, 0) is 9.59 Å². The van der Waals surface area contributed by atoms with E-state index in [4.69, 9.17) is 23.8 Å². The van der Waals surface area contributed by atoms with Gasteiger partial charge in [0, 0.05) is 23.6 Å². The number of carbonyl (C=O) groups excluding carboxylic acids is 3. The standard InChI is InChI=1S/C23H22ClN3O4S2/c24-17-9-5-15(6-10-17)14-19-22(31)27(23(32)33-19)13-3-1-2-4-20(29)25-26-21(30)16-7-11-18(28)12-8-16/h5-12,14,28H,1-4,13H2,(H,25,29)(H,26,30)/b19-14-. The Morgan fingerprint density at radius 3 is 2.42 bits per heavy atom. The van der Waals surface area contributed by atoms with Gasteiger partial charge in [0.1, 0.15) is 10.1 Å². The summed E-state index contributed by atoms with van der Waals surface area (Å²) in [6.07, 6.45) is 4.08. The predicted octanol–water partition coefficient (Wildman–Crippen LogP) is 4.27. The lowest BCUT2D eigenvalue weighted by Crippen LogP contribution is -2.41. The zero-order chi connectivity index (χ0) is 23.8. The summed E-state index contributed by atoms with van der Waals surface area (Å²) in [4.78, 5) is 38.7. The third kappa shape index (κ3) is 7.31. The van der Waals surface area contributed by atoms with Crippen LogP contribution in [0.1, 0.15) is 41.6 Å². The van der Waals surface area contributed by atoms with E-state index in [1.165, 1.54) is 36.0 Å². The molecule has 7 nitrogen and oxygen atoms in total. The van der Waals surface area contributed by atoms with Crippen LogP contribution >= 0.6 is 35.6 Å². The molecule has 0 atom stereocenters. The van der Waals surface area contributed by atoms with Crippen LogP contribution in [-0.4, -0.2) is 38.6 Å². The van der Waals surface area contributed by atoms with Crippen molar-refractivity contribution in [1.82, 2.24) is 15.8 Å². The number of hydrogen-bond donors (Lipinski definition) is 3. The van der Waals surface area contributed by atoms with Gasteiger partial charge in [0.15, 0.2) is 0 Å². The molecule has 1 aliphatic heterocycles. The van der Waals surface area contributed by atoms with Crippen LogP contribution in [0.2, 0.25) is 5.02 Å². The van der Waals surface area contributed by atoms with Gasteiger partial charge in [0.05, 0.1) is 4.91 Å². The van der Waals surface area contributed by atoms with Gasteiger partial charge in [-0.2, -0.15) is 0 Å². The number of rotatable bonds is 8. The number of benzene rings is 2. The Balaban J connectivity index is 1.35. The lowest BCUT2D eigenvalue weighted by molar-refractivity contribution is -0.123. The summed E-state index contributed by atoms with van der Waals surface area (Å²) in [6, 6.07) is 12.9. The molecule has 2 aromatic rings. The van der Waals surface area contributed by atoms with Gasteiger partial charge in [-0.25, -0.2) is 0 Å². The molecule has 1 saturated heterocycles. The normalized spacial score (nSPS) is 14.6. The molecular weight excluding hydrogens is 482 g/mol. The number of phenols is 1. The fourth-order valence-electron chi connectivity index (χ4n) is 3.01. The van der Waals surface area contributed by atoms with Crippen molar-refractivity contribution in [3.05, 3.63) is 69.6 Å². The monoisotopic (exact) mass is 503 g/mol. The molecule has 0 saturated carbocycles. The van der Waals surface area contributed by atoms with Gasteiger partial charge in [-0.05, 0) is 60.9 Å². The van der Waals surface area contributed by atoms with E-state index >= 15 is 0 Å². The van der Waals surface area contributed by atoms with E-state index in [9.17, 15) is 19.5 Å². The number of halogens is 1. The highest BCUT2D eigenvalue weighted by Crippen LogP contribution is 2.33. The van der Waals surface area contributed by atoms with Crippen molar-refractivity contribution in [3.8, 4) is 5.75 Å². The van der Waals surface area contributed by atoms with E-state index in [2.05, 4.69) is 10.9 Å². The van der Waals surface area contributed by atoms with Crippen LogP contribution in [0.4, 0.5) is 0 Å². The number of carbonyl (C=O) groups is 3. The van der Waals surface area contributed by atoms with Gasteiger partial charge in [0.2, 0.25) is 5.91 Å². The van der Waals surface area contributed by atoms with E-state index in [1.54, 1.807) is 23.1 Å². The lowest BCUT2D eigenvalue weighted by atomic mass is 10.2. The van der Waals surface area contributed by atoms with Gasteiger partial charge in [-0.1, -0.05) is 54.1 Å². The van der Waals surface area contributed by atoms with Crippen LogP contribution in [0.5, 0.6) is 5.75 Å².